The molecular formula is C17H25NO3. The molecule has 0 aliphatic heterocycles. The van der Waals surface area contributed by atoms with Crippen molar-refractivity contribution in [1.29, 1.82) is 0 Å². The predicted octanol–water partition coefficient (Wildman–Crippen LogP) is 2.87. The van der Waals surface area contributed by atoms with Gasteiger partial charge in [-0.15, -0.1) is 0 Å². The molecule has 0 unspecified atom stereocenters. The molecule has 1 saturated carbocycles. The van der Waals surface area contributed by atoms with Gasteiger partial charge in [-0.25, -0.2) is 0 Å². The van der Waals surface area contributed by atoms with Crippen molar-refractivity contribution in [2.75, 3.05) is 19.8 Å². The summed E-state index contributed by atoms with van der Waals surface area (Å²) in [5.41, 5.74) is 1.25. The minimum absolute atomic E-state index is 0.128. The molecule has 4 heteroatoms. The van der Waals surface area contributed by atoms with Crippen molar-refractivity contribution in [3.05, 3.63) is 29.8 Å². The van der Waals surface area contributed by atoms with Crippen LogP contribution in [-0.2, 0) is 9.53 Å². The molecule has 1 aromatic carbocycles. The van der Waals surface area contributed by atoms with Crippen molar-refractivity contribution in [2.24, 2.45) is 0 Å². The highest BCUT2D eigenvalue weighted by molar-refractivity contribution is 5.76. The van der Waals surface area contributed by atoms with Crippen LogP contribution in [0.2, 0.25) is 0 Å². The molecular weight excluding hydrogens is 266 g/mol. The molecule has 0 radical (unpaired) electrons. The quantitative estimate of drug-likeness (QED) is 0.712. The summed E-state index contributed by atoms with van der Waals surface area (Å²) in [4.78, 5) is 11.8. The third kappa shape index (κ3) is 5.05. The second-order valence-corrected chi connectivity index (χ2v) is 5.32. The van der Waals surface area contributed by atoms with Crippen molar-refractivity contribution in [1.82, 2.24) is 5.32 Å². The van der Waals surface area contributed by atoms with Gasteiger partial charge in [0.1, 0.15) is 5.75 Å². The van der Waals surface area contributed by atoms with Crippen LogP contribution >= 0.6 is 0 Å². The van der Waals surface area contributed by atoms with Crippen LogP contribution in [0, 0.1) is 0 Å². The lowest BCUT2D eigenvalue weighted by molar-refractivity contribution is -0.121. The minimum atomic E-state index is 0.128. The maximum absolute atomic E-state index is 11.8. The lowest BCUT2D eigenvalue weighted by Gasteiger charge is -2.07. The summed E-state index contributed by atoms with van der Waals surface area (Å²) in [5.74, 6) is 1.47. The summed E-state index contributed by atoms with van der Waals surface area (Å²) in [7, 11) is 0. The molecule has 0 heterocycles. The highest BCUT2D eigenvalue weighted by atomic mass is 16.5. The molecule has 4 nitrogen and oxygen atoms in total. The number of benzene rings is 1. The van der Waals surface area contributed by atoms with Crippen molar-refractivity contribution >= 4 is 5.91 Å². The standard InChI is InChI=1S/C17H25NO3/c1-3-20-10-6-9-17(19)18-16-12-15(16)13-7-5-8-14(11-13)21-4-2/h5,7-8,11,15-16H,3-4,6,9-10,12H2,1-2H3,(H,18,19)/t15-,16+/m1/s1. The fraction of sp³-hybridized carbons (Fsp3) is 0.588. The first kappa shape index (κ1) is 15.8. The van der Waals surface area contributed by atoms with E-state index in [-0.39, 0.29) is 11.9 Å². The maximum Gasteiger partial charge on any atom is 0.220 e. The Balaban J connectivity index is 1.74. The van der Waals surface area contributed by atoms with Gasteiger partial charge in [-0.3, -0.25) is 4.79 Å². The Hall–Kier alpha value is -1.55. The van der Waals surface area contributed by atoms with E-state index in [1.54, 1.807) is 0 Å². The van der Waals surface area contributed by atoms with E-state index in [4.69, 9.17) is 9.47 Å². The molecule has 1 aliphatic carbocycles. The number of nitrogens with one attached hydrogen (secondary N) is 1. The monoisotopic (exact) mass is 291 g/mol. The van der Waals surface area contributed by atoms with Gasteiger partial charge in [0, 0.05) is 31.6 Å². The third-order valence-electron chi connectivity index (χ3n) is 3.63. The van der Waals surface area contributed by atoms with Gasteiger partial charge in [-0.1, -0.05) is 12.1 Å². The predicted molar refractivity (Wildman–Crippen MR) is 82.6 cm³/mol. The molecule has 0 saturated heterocycles. The van der Waals surface area contributed by atoms with E-state index >= 15 is 0 Å². The fourth-order valence-corrected chi connectivity index (χ4v) is 2.48. The average molecular weight is 291 g/mol. The maximum atomic E-state index is 11.8. The first-order chi connectivity index (χ1) is 10.2. The molecule has 1 aliphatic rings. The summed E-state index contributed by atoms with van der Waals surface area (Å²) in [6.45, 7) is 5.99. The van der Waals surface area contributed by atoms with Crippen LogP contribution < -0.4 is 10.1 Å². The van der Waals surface area contributed by atoms with Gasteiger partial charge >= 0.3 is 0 Å². The lowest BCUT2D eigenvalue weighted by Crippen LogP contribution is -2.26. The Bertz CT molecular complexity index is 461. The number of carbonyl (C=O) groups is 1. The van der Waals surface area contributed by atoms with Crippen LogP contribution in [0.15, 0.2) is 24.3 Å². The summed E-state index contributed by atoms with van der Waals surface area (Å²) < 4.78 is 10.8. The number of rotatable bonds is 9. The number of amides is 1. The topological polar surface area (TPSA) is 47.6 Å². The molecule has 0 aromatic heterocycles. The average Bonchev–Trinajstić information content (AvgIpc) is 3.23. The summed E-state index contributed by atoms with van der Waals surface area (Å²) in [6.07, 6.45) is 2.35. The van der Waals surface area contributed by atoms with Gasteiger partial charge in [0.05, 0.1) is 6.61 Å². The largest absolute Gasteiger partial charge is 0.494 e. The van der Waals surface area contributed by atoms with Gasteiger partial charge in [0.15, 0.2) is 0 Å². The van der Waals surface area contributed by atoms with Gasteiger partial charge in [0.2, 0.25) is 5.91 Å². The SMILES string of the molecule is CCOCCCC(=O)N[C@H]1C[C@@H]1c1cccc(OCC)c1. The zero-order valence-corrected chi connectivity index (χ0v) is 12.9. The van der Waals surface area contributed by atoms with Crippen LogP contribution in [0.3, 0.4) is 0 Å². The highest BCUT2D eigenvalue weighted by Crippen LogP contribution is 2.41. The van der Waals surface area contributed by atoms with Gasteiger partial charge in [-0.05, 0) is 44.4 Å². The molecule has 1 fully saturated rings. The Morgan fingerprint density at radius 1 is 1.33 bits per heavy atom. The van der Waals surface area contributed by atoms with E-state index in [2.05, 4.69) is 17.4 Å². The van der Waals surface area contributed by atoms with E-state index in [0.29, 0.717) is 32.2 Å². The Kier molecular flexibility index (Phi) is 6.05. The highest BCUT2D eigenvalue weighted by Gasteiger charge is 2.39. The van der Waals surface area contributed by atoms with Crippen molar-refractivity contribution in [2.45, 2.75) is 45.1 Å². The zero-order valence-electron chi connectivity index (χ0n) is 12.9. The van der Waals surface area contributed by atoms with Crippen LogP contribution in [0.25, 0.3) is 0 Å². The summed E-state index contributed by atoms with van der Waals surface area (Å²) in [6, 6.07) is 8.45. The smallest absolute Gasteiger partial charge is 0.220 e. The second-order valence-electron chi connectivity index (χ2n) is 5.32. The van der Waals surface area contributed by atoms with Gasteiger partial charge < -0.3 is 14.8 Å². The van der Waals surface area contributed by atoms with E-state index in [0.717, 1.165) is 18.6 Å². The number of hydrogen-bond acceptors (Lipinski definition) is 3. The molecule has 0 spiro atoms. The number of carbonyl (C=O) groups excluding carboxylic acids is 1. The van der Waals surface area contributed by atoms with Gasteiger partial charge in [0.25, 0.3) is 0 Å². The molecule has 1 aromatic rings. The Morgan fingerprint density at radius 3 is 2.95 bits per heavy atom. The Labute approximate surface area is 126 Å². The Morgan fingerprint density at radius 2 is 2.19 bits per heavy atom. The van der Waals surface area contributed by atoms with Crippen molar-refractivity contribution < 1.29 is 14.3 Å². The molecule has 116 valence electrons. The molecule has 2 atom stereocenters. The first-order valence-electron chi connectivity index (χ1n) is 7.84. The van der Waals surface area contributed by atoms with E-state index in [1.165, 1.54) is 5.56 Å². The third-order valence-corrected chi connectivity index (χ3v) is 3.63. The van der Waals surface area contributed by atoms with Crippen LogP contribution in [0.1, 0.15) is 44.6 Å². The first-order valence-corrected chi connectivity index (χ1v) is 7.84. The van der Waals surface area contributed by atoms with Crippen LogP contribution in [0.5, 0.6) is 5.75 Å². The van der Waals surface area contributed by atoms with Crippen LogP contribution in [-0.4, -0.2) is 31.8 Å². The van der Waals surface area contributed by atoms with E-state index in [9.17, 15) is 4.79 Å². The van der Waals surface area contributed by atoms with Crippen molar-refractivity contribution in [3.8, 4) is 5.75 Å². The fourth-order valence-electron chi connectivity index (χ4n) is 2.48. The molecule has 2 rings (SSSR count). The van der Waals surface area contributed by atoms with Crippen LogP contribution in [0.4, 0.5) is 0 Å². The molecule has 1 amide bonds. The van der Waals surface area contributed by atoms with E-state index in [1.807, 2.05) is 26.0 Å². The summed E-state index contributed by atoms with van der Waals surface area (Å²) in [5, 5.41) is 3.10. The van der Waals surface area contributed by atoms with E-state index < -0.39 is 0 Å². The van der Waals surface area contributed by atoms with Gasteiger partial charge in [-0.2, -0.15) is 0 Å². The molecule has 21 heavy (non-hydrogen) atoms. The zero-order chi connectivity index (χ0) is 15.1. The minimum Gasteiger partial charge on any atom is -0.494 e. The molecule has 1 N–H and O–H groups in total. The normalized spacial score (nSPS) is 20.1. The lowest BCUT2D eigenvalue weighted by atomic mass is 10.1. The summed E-state index contributed by atoms with van der Waals surface area (Å²) >= 11 is 0. The molecule has 0 bridgehead atoms. The number of hydrogen-bond donors (Lipinski definition) is 1. The second kappa shape index (κ2) is 8.03. The van der Waals surface area contributed by atoms with Crippen molar-refractivity contribution in [3.63, 3.8) is 0 Å². The number of ether oxygens (including phenoxy) is 2.